The average molecular weight is 228 g/mol. The second-order valence-electron chi connectivity index (χ2n) is 4.56. The normalized spacial score (nSPS) is 17.1. The van der Waals surface area contributed by atoms with Crippen molar-refractivity contribution in [1.29, 1.82) is 0 Å². The lowest BCUT2D eigenvalue weighted by Gasteiger charge is -2.11. The molecule has 16 heavy (non-hydrogen) atoms. The van der Waals surface area contributed by atoms with Gasteiger partial charge in [0.05, 0.1) is 12.6 Å². The summed E-state index contributed by atoms with van der Waals surface area (Å²) < 4.78 is 5.41. The van der Waals surface area contributed by atoms with Gasteiger partial charge in [-0.15, -0.1) is 0 Å². The van der Waals surface area contributed by atoms with E-state index in [0.717, 1.165) is 31.8 Å². The fourth-order valence-corrected chi connectivity index (χ4v) is 1.47. The minimum absolute atomic E-state index is 0.0523. The third-order valence-corrected chi connectivity index (χ3v) is 2.80. The molecule has 0 bridgehead atoms. The van der Waals surface area contributed by atoms with E-state index in [0.29, 0.717) is 13.2 Å². The highest BCUT2D eigenvalue weighted by atomic mass is 16.5. The monoisotopic (exact) mass is 228 g/mol. The van der Waals surface area contributed by atoms with E-state index in [1.807, 2.05) is 0 Å². The number of amides is 1. The van der Waals surface area contributed by atoms with Crippen LogP contribution in [0.5, 0.6) is 0 Å². The topological polar surface area (TPSA) is 64.4 Å². The highest BCUT2D eigenvalue weighted by Gasteiger charge is 2.20. The van der Waals surface area contributed by atoms with Crippen LogP contribution in [-0.2, 0) is 9.53 Å². The zero-order chi connectivity index (χ0) is 11.8. The Morgan fingerprint density at radius 3 is 2.94 bits per heavy atom. The first-order chi connectivity index (χ1) is 7.74. The first-order valence-corrected chi connectivity index (χ1v) is 6.35. The zero-order valence-corrected chi connectivity index (χ0v) is 10.2. The van der Waals surface area contributed by atoms with Gasteiger partial charge in [-0.3, -0.25) is 4.79 Å². The van der Waals surface area contributed by atoms with Crippen molar-refractivity contribution in [1.82, 2.24) is 5.32 Å². The van der Waals surface area contributed by atoms with Crippen LogP contribution in [0.25, 0.3) is 0 Å². The molecule has 0 saturated heterocycles. The predicted octanol–water partition coefficient (Wildman–Crippen LogP) is 1.05. The largest absolute Gasteiger partial charge is 0.379 e. The van der Waals surface area contributed by atoms with Gasteiger partial charge in [-0.05, 0) is 25.2 Å². The predicted molar refractivity (Wildman–Crippen MR) is 64.1 cm³/mol. The summed E-state index contributed by atoms with van der Waals surface area (Å²) in [5, 5.41) is 2.80. The summed E-state index contributed by atoms with van der Waals surface area (Å²) in [6.45, 7) is 4.11. The maximum absolute atomic E-state index is 11.5. The number of hydrogen-bond acceptors (Lipinski definition) is 3. The lowest BCUT2D eigenvalue weighted by atomic mass is 10.1. The van der Waals surface area contributed by atoms with E-state index in [1.54, 1.807) is 0 Å². The Labute approximate surface area is 97.9 Å². The van der Waals surface area contributed by atoms with Crippen molar-refractivity contribution >= 4 is 5.91 Å². The van der Waals surface area contributed by atoms with Gasteiger partial charge in [-0.1, -0.05) is 19.8 Å². The van der Waals surface area contributed by atoms with Gasteiger partial charge in [0.1, 0.15) is 0 Å². The molecule has 3 N–H and O–H groups in total. The van der Waals surface area contributed by atoms with Crippen molar-refractivity contribution < 1.29 is 9.53 Å². The number of nitrogens with two attached hydrogens (primary N) is 1. The Morgan fingerprint density at radius 1 is 1.56 bits per heavy atom. The molecule has 0 radical (unpaired) electrons. The van der Waals surface area contributed by atoms with E-state index in [4.69, 9.17) is 10.5 Å². The minimum Gasteiger partial charge on any atom is -0.379 e. The maximum Gasteiger partial charge on any atom is 0.236 e. The van der Waals surface area contributed by atoms with E-state index in [1.165, 1.54) is 12.8 Å². The van der Waals surface area contributed by atoms with Gasteiger partial charge < -0.3 is 15.8 Å². The van der Waals surface area contributed by atoms with Crippen LogP contribution in [-0.4, -0.2) is 31.7 Å². The van der Waals surface area contributed by atoms with Gasteiger partial charge >= 0.3 is 0 Å². The molecule has 0 spiro atoms. The Bertz CT molecular complexity index is 205. The molecule has 4 heteroatoms. The average Bonchev–Trinajstić information content (AvgIpc) is 3.09. The molecule has 0 aromatic heterocycles. The molecular weight excluding hydrogens is 204 g/mol. The fourth-order valence-electron chi connectivity index (χ4n) is 1.47. The van der Waals surface area contributed by atoms with E-state index in [2.05, 4.69) is 12.2 Å². The standard InChI is InChI=1S/C12H24N2O2/c1-2-3-4-11(13)12(15)14-7-8-16-9-10-5-6-10/h10-11H,2-9,13H2,1H3,(H,14,15)/t11-/m0/s1. The molecule has 1 saturated carbocycles. The molecule has 1 rings (SSSR count). The number of rotatable bonds is 9. The SMILES string of the molecule is CCCC[C@H](N)C(=O)NCCOCC1CC1. The summed E-state index contributed by atoms with van der Waals surface area (Å²) in [5.41, 5.74) is 5.72. The molecule has 0 aliphatic heterocycles. The number of ether oxygens (including phenoxy) is 1. The molecule has 1 amide bonds. The van der Waals surface area contributed by atoms with Crippen molar-refractivity contribution in [2.24, 2.45) is 11.7 Å². The van der Waals surface area contributed by atoms with Crippen LogP contribution in [0.2, 0.25) is 0 Å². The number of hydrogen-bond donors (Lipinski definition) is 2. The van der Waals surface area contributed by atoms with E-state index in [9.17, 15) is 4.79 Å². The van der Waals surface area contributed by atoms with Crippen LogP contribution in [0.15, 0.2) is 0 Å². The Balaban J connectivity index is 1.91. The summed E-state index contributed by atoms with van der Waals surface area (Å²) in [5.74, 6) is 0.728. The molecule has 1 aliphatic rings. The summed E-state index contributed by atoms with van der Waals surface area (Å²) in [7, 11) is 0. The van der Waals surface area contributed by atoms with Gasteiger partial charge in [-0.2, -0.15) is 0 Å². The third kappa shape index (κ3) is 6.08. The first kappa shape index (κ1) is 13.5. The van der Waals surface area contributed by atoms with E-state index < -0.39 is 0 Å². The lowest BCUT2D eigenvalue weighted by Crippen LogP contribution is -2.41. The molecule has 4 nitrogen and oxygen atoms in total. The maximum atomic E-state index is 11.5. The second-order valence-corrected chi connectivity index (χ2v) is 4.56. The third-order valence-electron chi connectivity index (χ3n) is 2.80. The van der Waals surface area contributed by atoms with Crippen molar-refractivity contribution in [3.05, 3.63) is 0 Å². The summed E-state index contributed by atoms with van der Waals surface area (Å²) in [6.07, 6.45) is 5.45. The Kier molecular flexibility index (Phi) is 6.42. The van der Waals surface area contributed by atoms with Crippen LogP contribution in [0.1, 0.15) is 39.0 Å². The van der Waals surface area contributed by atoms with Gasteiger partial charge in [0.2, 0.25) is 5.91 Å². The van der Waals surface area contributed by atoms with Crippen molar-refractivity contribution in [2.75, 3.05) is 19.8 Å². The summed E-state index contributed by atoms with van der Waals surface area (Å²) >= 11 is 0. The fraction of sp³-hybridized carbons (Fsp3) is 0.917. The molecule has 0 heterocycles. The number of carbonyl (C=O) groups is 1. The summed E-state index contributed by atoms with van der Waals surface area (Å²) in [6, 6.07) is -0.358. The minimum atomic E-state index is -0.358. The number of carbonyl (C=O) groups excluding carboxylic acids is 1. The Morgan fingerprint density at radius 2 is 2.31 bits per heavy atom. The molecule has 94 valence electrons. The van der Waals surface area contributed by atoms with Crippen LogP contribution in [0.3, 0.4) is 0 Å². The van der Waals surface area contributed by atoms with Crippen LogP contribution in [0, 0.1) is 5.92 Å². The van der Waals surface area contributed by atoms with Crippen molar-refractivity contribution in [3.8, 4) is 0 Å². The molecule has 1 aliphatic carbocycles. The van der Waals surface area contributed by atoms with Gasteiger partial charge in [0, 0.05) is 13.2 Å². The van der Waals surface area contributed by atoms with Crippen molar-refractivity contribution in [2.45, 2.75) is 45.1 Å². The number of nitrogens with one attached hydrogen (secondary N) is 1. The van der Waals surface area contributed by atoms with Crippen molar-refractivity contribution in [3.63, 3.8) is 0 Å². The quantitative estimate of drug-likeness (QED) is 0.580. The van der Waals surface area contributed by atoms with E-state index >= 15 is 0 Å². The van der Waals surface area contributed by atoms with Crippen LogP contribution in [0.4, 0.5) is 0 Å². The van der Waals surface area contributed by atoms with E-state index in [-0.39, 0.29) is 11.9 Å². The Hall–Kier alpha value is -0.610. The molecule has 0 aromatic rings. The first-order valence-electron chi connectivity index (χ1n) is 6.35. The molecular formula is C12H24N2O2. The highest BCUT2D eigenvalue weighted by Crippen LogP contribution is 2.28. The second kappa shape index (κ2) is 7.63. The lowest BCUT2D eigenvalue weighted by molar-refractivity contribution is -0.122. The molecule has 0 unspecified atom stereocenters. The molecule has 0 aromatic carbocycles. The zero-order valence-electron chi connectivity index (χ0n) is 10.2. The molecule has 1 atom stereocenters. The number of unbranched alkanes of at least 4 members (excludes halogenated alkanes) is 1. The highest BCUT2D eigenvalue weighted by molar-refractivity contribution is 5.81. The van der Waals surface area contributed by atoms with Gasteiger partial charge in [-0.25, -0.2) is 0 Å². The smallest absolute Gasteiger partial charge is 0.236 e. The summed E-state index contributed by atoms with van der Waals surface area (Å²) in [4.78, 5) is 11.5. The molecule has 1 fully saturated rings. The van der Waals surface area contributed by atoms with Crippen LogP contribution >= 0.6 is 0 Å². The van der Waals surface area contributed by atoms with Gasteiger partial charge in [0.25, 0.3) is 0 Å². The van der Waals surface area contributed by atoms with Crippen LogP contribution < -0.4 is 11.1 Å². The van der Waals surface area contributed by atoms with Gasteiger partial charge in [0.15, 0.2) is 0 Å².